The Labute approximate surface area is 294 Å². The molecule has 1 amide bonds. The first-order chi connectivity index (χ1) is 23.7. The number of aromatic nitrogens is 1. The van der Waals surface area contributed by atoms with Crippen molar-refractivity contribution in [2.75, 3.05) is 38.8 Å². The Balaban J connectivity index is 1.21. The number of esters is 1. The van der Waals surface area contributed by atoms with Crippen LogP contribution in [0.5, 0.6) is 11.5 Å². The average molecular weight is 709 g/mol. The predicted octanol–water partition coefficient (Wildman–Crippen LogP) is 7.92. The van der Waals surface area contributed by atoms with E-state index < -0.39 is 24.0 Å². The monoisotopic (exact) mass is 707 g/mol. The number of nitrogens with zero attached hydrogens (tertiary/aromatic N) is 3. The van der Waals surface area contributed by atoms with Gasteiger partial charge in [0.05, 0.1) is 42.1 Å². The van der Waals surface area contributed by atoms with Gasteiger partial charge in [0.15, 0.2) is 11.5 Å². The maximum absolute atomic E-state index is 14.3. The number of anilines is 1. The van der Waals surface area contributed by atoms with Gasteiger partial charge in [-0.05, 0) is 91.0 Å². The minimum Gasteiger partial charge on any atom is -0.493 e. The summed E-state index contributed by atoms with van der Waals surface area (Å²) in [6.07, 6.45) is 3.57. The minimum absolute atomic E-state index is 0.103. The summed E-state index contributed by atoms with van der Waals surface area (Å²) >= 11 is 12.9. The van der Waals surface area contributed by atoms with Gasteiger partial charge in [-0.15, -0.1) is 0 Å². The van der Waals surface area contributed by atoms with E-state index in [2.05, 4.69) is 9.88 Å². The van der Waals surface area contributed by atoms with Crippen LogP contribution >= 0.6 is 23.2 Å². The Hall–Kier alpha value is -4.38. The number of methoxy groups -OCH3 is 2. The van der Waals surface area contributed by atoms with Gasteiger partial charge in [-0.1, -0.05) is 47.5 Å². The Morgan fingerprint density at radius 2 is 1.67 bits per heavy atom. The molecule has 9 nitrogen and oxygen atoms in total. The first-order valence-electron chi connectivity index (χ1n) is 16.0. The van der Waals surface area contributed by atoms with Gasteiger partial charge in [0.25, 0.3) is 0 Å². The van der Waals surface area contributed by atoms with Crippen molar-refractivity contribution in [1.82, 2.24) is 9.88 Å². The summed E-state index contributed by atoms with van der Waals surface area (Å²) in [5.74, 6) is 0.257. The number of piperidine rings is 3. The quantitative estimate of drug-likeness (QED) is 0.145. The number of carbonyl (C=O) groups excluding carboxylic acids is 2. The van der Waals surface area contributed by atoms with Crippen molar-refractivity contribution < 1.29 is 32.9 Å². The van der Waals surface area contributed by atoms with Gasteiger partial charge in [0.2, 0.25) is 0 Å². The normalized spacial score (nSPS) is 18.8. The summed E-state index contributed by atoms with van der Waals surface area (Å²) in [6, 6.07) is 17.8. The predicted molar refractivity (Wildman–Crippen MR) is 184 cm³/mol. The fraction of sp³-hybridized carbons (Fsp3) is 0.324. The molecular weight excluding hydrogens is 672 g/mol. The van der Waals surface area contributed by atoms with Crippen LogP contribution in [0.2, 0.25) is 10.0 Å². The molecule has 49 heavy (non-hydrogen) atoms. The SMILES string of the molecule is COc1ccc([C@H](Cc2c(Cl)cncc2Cl)OC(=O)c2ccc(CN(C(=O)O[C@H]3CN4CCC3CC4)c3cccc(F)c3)cc2)cc1OC. The Morgan fingerprint density at radius 3 is 2.31 bits per heavy atom. The molecule has 12 heteroatoms. The average Bonchev–Trinajstić information content (AvgIpc) is 3.12. The second kappa shape index (κ2) is 15.4. The van der Waals surface area contributed by atoms with E-state index in [9.17, 15) is 14.0 Å². The summed E-state index contributed by atoms with van der Waals surface area (Å²) in [6.45, 7) is 2.84. The second-order valence-electron chi connectivity index (χ2n) is 12.1. The van der Waals surface area contributed by atoms with Crippen LogP contribution in [0.4, 0.5) is 14.9 Å². The van der Waals surface area contributed by atoms with E-state index in [4.69, 9.17) is 42.1 Å². The molecule has 7 rings (SSSR count). The molecule has 256 valence electrons. The lowest BCUT2D eigenvalue weighted by molar-refractivity contribution is -0.0311. The molecule has 4 aromatic rings. The number of amides is 1. The third-order valence-corrected chi connectivity index (χ3v) is 9.74. The molecule has 3 saturated heterocycles. The third kappa shape index (κ3) is 8.09. The van der Waals surface area contributed by atoms with E-state index in [1.165, 1.54) is 43.6 Å². The van der Waals surface area contributed by atoms with Gasteiger partial charge in [0.1, 0.15) is 18.0 Å². The van der Waals surface area contributed by atoms with Crippen LogP contribution in [0.15, 0.2) is 79.1 Å². The number of pyridine rings is 1. The molecule has 0 aliphatic carbocycles. The van der Waals surface area contributed by atoms with Crippen molar-refractivity contribution in [3.63, 3.8) is 0 Å². The highest BCUT2D eigenvalue weighted by atomic mass is 35.5. The molecule has 2 atom stereocenters. The molecular formula is C37H36Cl2FN3O6. The van der Waals surface area contributed by atoms with Crippen LogP contribution in [0.3, 0.4) is 0 Å². The standard InChI is InChI=1S/C37H36Cl2FN3O6/c1-46-32-11-10-26(16-34(32)47-2)33(18-29-30(38)19-41-20-31(29)39)48-36(44)25-8-6-23(7-9-25)21-43(28-5-3-4-27(40)17-28)37(45)49-35-22-42-14-12-24(35)13-15-42/h3-11,16-17,19-20,24,33,35H,12-15,18,21-22H2,1-2H3/t33-,35-/m0/s1. The summed E-state index contributed by atoms with van der Waals surface area (Å²) in [4.78, 5) is 34.9. The number of rotatable bonds is 11. The number of benzene rings is 3. The third-order valence-electron chi connectivity index (χ3n) is 9.09. The van der Waals surface area contributed by atoms with Gasteiger partial charge < -0.3 is 18.9 Å². The van der Waals surface area contributed by atoms with Crippen LogP contribution in [-0.4, -0.2) is 61.9 Å². The van der Waals surface area contributed by atoms with Gasteiger partial charge >= 0.3 is 12.1 Å². The van der Waals surface area contributed by atoms with Crippen molar-refractivity contribution in [3.05, 3.63) is 117 Å². The first-order valence-corrected chi connectivity index (χ1v) is 16.7. The van der Waals surface area contributed by atoms with Crippen LogP contribution in [0, 0.1) is 11.7 Å². The van der Waals surface area contributed by atoms with Crippen molar-refractivity contribution in [3.8, 4) is 11.5 Å². The first kappa shape index (κ1) is 34.5. The number of hydrogen-bond donors (Lipinski definition) is 0. The fourth-order valence-corrected chi connectivity index (χ4v) is 6.89. The van der Waals surface area contributed by atoms with E-state index >= 15 is 0 Å². The summed E-state index contributed by atoms with van der Waals surface area (Å²) < 4.78 is 37.2. The van der Waals surface area contributed by atoms with E-state index in [1.54, 1.807) is 54.6 Å². The molecule has 0 spiro atoms. The van der Waals surface area contributed by atoms with E-state index in [1.807, 2.05) is 0 Å². The molecule has 1 aromatic heterocycles. The highest BCUT2D eigenvalue weighted by molar-refractivity contribution is 6.35. The van der Waals surface area contributed by atoms with E-state index in [-0.39, 0.29) is 24.6 Å². The number of halogens is 3. The van der Waals surface area contributed by atoms with Crippen LogP contribution in [-0.2, 0) is 22.4 Å². The molecule has 0 N–H and O–H groups in total. The van der Waals surface area contributed by atoms with Crippen molar-refractivity contribution in [1.29, 1.82) is 0 Å². The summed E-state index contributed by atoms with van der Waals surface area (Å²) in [7, 11) is 3.06. The Bertz CT molecular complexity index is 1780. The molecule has 0 unspecified atom stereocenters. The molecule has 3 fully saturated rings. The maximum atomic E-state index is 14.3. The van der Waals surface area contributed by atoms with E-state index in [0.29, 0.717) is 56.4 Å². The lowest BCUT2D eigenvalue weighted by Crippen LogP contribution is -2.53. The zero-order valence-corrected chi connectivity index (χ0v) is 28.6. The van der Waals surface area contributed by atoms with Crippen molar-refractivity contribution >= 4 is 41.0 Å². The minimum atomic E-state index is -0.797. The fourth-order valence-electron chi connectivity index (χ4n) is 6.37. The lowest BCUT2D eigenvalue weighted by atomic mass is 9.86. The van der Waals surface area contributed by atoms with Crippen LogP contribution in [0.25, 0.3) is 0 Å². The smallest absolute Gasteiger partial charge is 0.414 e. The van der Waals surface area contributed by atoms with Crippen LogP contribution < -0.4 is 14.4 Å². The van der Waals surface area contributed by atoms with Gasteiger partial charge in [0, 0.05) is 25.4 Å². The van der Waals surface area contributed by atoms with E-state index in [0.717, 1.165) is 25.9 Å². The Kier molecular flexibility index (Phi) is 10.9. The molecule has 3 aliphatic heterocycles. The Morgan fingerprint density at radius 1 is 0.959 bits per heavy atom. The summed E-state index contributed by atoms with van der Waals surface area (Å²) in [5, 5.41) is 0.682. The summed E-state index contributed by atoms with van der Waals surface area (Å²) in [5.41, 5.74) is 2.58. The zero-order valence-electron chi connectivity index (χ0n) is 27.1. The molecule has 0 saturated carbocycles. The molecule has 4 heterocycles. The molecule has 2 bridgehead atoms. The van der Waals surface area contributed by atoms with Crippen LogP contribution in [0.1, 0.15) is 46.0 Å². The molecule has 0 radical (unpaired) electrons. The number of hydrogen-bond acceptors (Lipinski definition) is 8. The zero-order chi connectivity index (χ0) is 34.5. The second-order valence-corrected chi connectivity index (χ2v) is 12.9. The van der Waals surface area contributed by atoms with Gasteiger partial charge in [-0.2, -0.15) is 0 Å². The van der Waals surface area contributed by atoms with Crippen molar-refractivity contribution in [2.45, 2.75) is 38.0 Å². The highest BCUT2D eigenvalue weighted by Gasteiger charge is 2.37. The largest absolute Gasteiger partial charge is 0.493 e. The number of fused-ring (bicyclic) bond motifs is 3. The van der Waals surface area contributed by atoms with Gasteiger partial charge in [-0.3, -0.25) is 14.8 Å². The number of carbonyl (C=O) groups is 2. The lowest BCUT2D eigenvalue weighted by Gasteiger charge is -2.44. The number of ether oxygens (including phenoxy) is 4. The van der Waals surface area contributed by atoms with Crippen molar-refractivity contribution in [2.24, 2.45) is 5.92 Å². The molecule has 3 aliphatic rings. The maximum Gasteiger partial charge on any atom is 0.414 e. The molecule has 3 aromatic carbocycles. The van der Waals surface area contributed by atoms with Gasteiger partial charge in [-0.25, -0.2) is 14.0 Å². The topological polar surface area (TPSA) is 90.4 Å². The highest BCUT2D eigenvalue weighted by Crippen LogP contribution is 2.36.